The predicted octanol–water partition coefficient (Wildman–Crippen LogP) is 1.70. The first kappa shape index (κ1) is 10.5. The third-order valence-electron chi connectivity index (χ3n) is 2.25. The van der Waals surface area contributed by atoms with Gasteiger partial charge in [0.1, 0.15) is 0 Å². The van der Waals surface area contributed by atoms with E-state index in [-0.39, 0.29) is 0 Å². The Bertz CT molecular complexity index is 337. The molecule has 1 atom stereocenters. The van der Waals surface area contributed by atoms with Crippen molar-refractivity contribution < 1.29 is 0 Å². The van der Waals surface area contributed by atoms with Crippen molar-refractivity contribution in [2.45, 2.75) is 19.4 Å². The lowest BCUT2D eigenvalue weighted by atomic mass is 10.2. The molecule has 0 spiro atoms. The summed E-state index contributed by atoms with van der Waals surface area (Å²) >= 11 is 1.81. The lowest BCUT2D eigenvalue weighted by Gasteiger charge is -2.01. The zero-order chi connectivity index (χ0) is 10.5. The number of nitrogens with one attached hydrogen (secondary N) is 1. The highest BCUT2D eigenvalue weighted by atomic mass is 32.2. The first-order valence-corrected chi connectivity index (χ1v) is 6.16. The largest absolute Gasteiger partial charge is 0.362 e. The van der Waals surface area contributed by atoms with Crippen molar-refractivity contribution >= 4 is 16.9 Å². The lowest BCUT2D eigenvalue weighted by molar-refractivity contribution is 0.764. The summed E-state index contributed by atoms with van der Waals surface area (Å²) in [5.41, 5.74) is 1.30. The minimum Gasteiger partial charge on any atom is -0.362 e. The number of aromatic nitrogens is 1. The van der Waals surface area contributed by atoms with Crippen molar-refractivity contribution in [2.75, 3.05) is 12.3 Å². The minimum atomic E-state index is 0.565. The minimum absolute atomic E-state index is 0.565. The molecule has 1 fully saturated rings. The molecule has 0 aromatic carbocycles. The molecular formula is C11H15N3S. The van der Waals surface area contributed by atoms with Gasteiger partial charge < -0.3 is 5.32 Å². The fourth-order valence-corrected chi connectivity index (χ4v) is 2.38. The second-order valence-corrected chi connectivity index (χ2v) is 4.66. The van der Waals surface area contributed by atoms with Gasteiger partial charge in [0.2, 0.25) is 0 Å². The molecule has 0 radical (unpaired) electrons. The molecule has 0 saturated carbocycles. The number of aliphatic imine (C=N–C) groups is 1. The zero-order valence-electron chi connectivity index (χ0n) is 8.81. The normalized spacial score (nSPS) is 23.0. The van der Waals surface area contributed by atoms with Crippen molar-refractivity contribution in [2.24, 2.45) is 4.99 Å². The van der Waals surface area contributed by atoms with Gasteiger partial charge in [-0.15, -0.1) is 0 Å². The molecule has 3 nitrogen and oxygen atoms in total. The summed E-state index contributed by atoms with van der Waals surface area (Å²) in [6, 6.07) is 4.64. The monoisotopic (exact) mass is 221 g/mol. The van der Waals surface area contributed by atoms with E-state index in [9.17, 15) is 0 Å². The molecule has 1 aromatic heterocycles. The van der Waals surface area contributed by atoms with Gasteiger partial charge in [-0.05, 0) is 31.0 Å². The van der Waals surface area contributed by atoms with E-state index in [2.05, 4.69) is 22.2 Å². The topological polar surface area (TPSA) is 37.3 Å². The van der Waals surface area contributed by atoms with Crippen molar-refractivity contribution in [1.82, 2.24) is 10.3 Å². The van der Waals surface area contributed by atoms with E-state index in [1.165, 1.54) is 5.56 Å². The van der Waals surface area contributed by atoms with Gasteiger partial charge in [0, 0.05) is 30.7 Å². The summed E-state index contributed by atoms with van der Waals surface area (Å²) in [5, 5.41) is 4.43. The summed E-state index contributed by atoms with van der Waals surface area (Å²) in [6.45, 7) is 3.03. The lowest BCUT2D eigenvalue weighted by Crippen LogP contribution is -2.23. The predicted molar refractivity (Wildman–Crippen MR) is 65.3 cm³/mol. The van der Waals surface area contributed by atoms with Crippen molar-refractivity contribution in [3.05, 3.63) is 30.1 Å². The Hall–Kier alpha value is -1.03. The number of nitrogens with zero attached hydrogens (tertiary/aromatic N) is 2. The fraction of sp³-hybridized carbons (Fsp3) is 0.455. The Balaban J connectivity index is 1.80. The molecule has 0 amide bonds. The van der Waals surface area contributed by atoms with E-state index in [1.807, 2.05) is 36.3 Å². The van der Waals surface area contributed by atoms with Gasteiger partial charge in [-0.2, -0.15) is 0 Å². The number of pyridine rings is 1. The van der Waals surface area contributed by atoms with E-state index in [4.69, 9.17) is 0 Å². The maximum absolute atomic E-state index is 4.52. The van der Waals surface area contributed by atoms with Crippen LogP contribution >= 0.6 is 11.8 Å². The highest BCUT2D eigenvalue weighted by molar-refractivity contribution is 8.14. The molecule has 1 saturated heterocycles. The molecular weight excluding hydrogens is 206 g/mol. The summed E-state index contributed by atoms with van der Waals surface area (Å²) in [4.78, 5) is 8.51. The molecule has 4 heteroatoms. The Labute approximate surface area is 94.4 Å². The third kappa shape index (κ3) is 3.23. The quantitative estimate of drug-likeness (QED) is 0.844. The van der Waals surface area contributed by atoms with Crippen molar-refractivity contribution in [1.29, 1.82) is 0 Å². The second-order valence-electron chi connectivity index (χ2n) is 3.65. The van der Waals surface area contributed by atoms with Gasteiger partial charge >= 0.3 is 0 Å². The van der Waals surface area contributed by atoms with Gasteiger partial charge in [0.25, 0.3) is 0 Å². The summed E-state index contributed by atoms with van der Waals surface area (Å²) in [6.07, 6.45) is 4.64. The molecule has 0 aliphatic carbocycles. The van der Waals surface area contributed by atoms with E-state index in [0.29, 0.717) is 6.04 Å². The Morgan fingerprint density at radius 2 is 2.33 bits per heavy atom. The average Bonchev–Trinajstić information content (AvgIpc) is 2.66. The number of hydrogen-bond acceptors (Lipinski definition) is 3. The van der Waals surface area contributed by atoms with Crippen LogP contribution in [0.15, 0.2) is 29.5 Å². The highest BCUT2D eigenvalue weighted by Crippen LogP contribution is 2.12. The maximum atomic E-state index is 4.52. The standard InChI is InChI=1S/C11H15N3S/c1-9-8-15-11(14-9)13-7-4-10-2-5-12-6-3-10/h2-3,5-6,9H,4,7-8H2,1H3,(H,13,14). The molecule has 2 rings (SSSR count). The van der Waals surface area contributed by atoms with E-state index in [0.717, 1.165) is 23.9 Å². The third-order valence-corrected chi connectivity index (χ3v) is 3.43. The number of rotatable bonds is 3. The number of amidine groups is 1. The molecule has 2 heterocycles. The maximum Gasteiger partial charge on any atom is 0.156 e. The van der Waals surface area contributed by atoms with Crippen LogP contribution in [0.5, 0.6) is 0 Å². The average molecular weight is 221 g/mol. The molecule has 1 aliphatic heterocycles. The van der Waals surface area contributed by atoms with Crippen LogP contribution in [0.4, 0.5) is 0 Å². The molecule has 15 heavy (non-hydrogen) atoms. The van der Waals surface area contributed by atoms with E-state index in [1.54, 1.807) is 0 Å². The SMILES string of the molecule is CC1CSC(=NCCc2ccncc2)N1. The van der Waals surface area contributed by atoms with Gasteiger partial charge in [-0.3, -0.25) is 9.98 Å². The van der Waals surface area contributed by atoms with Crippen LogP contribution in [0.2, 0.25) is 0 Å². The second kappa shape index (κ2) is 5.16. The fourth-order valence-electron chi connectivity index (χ4n) is 1.43. The molecule has 1 unspecified atom stereocenters. The van der Waals surface area contributed by atoms with Crippen LogP contribution in [0.3, 0.4) is 0 Å². The molecule has 80 valence electrons. The smallest absolute Gasteiger partial charge is 0.156 e. The van der Waals surface area contributed by atoms with E-state index >= 15 is 0 Å². The van der Waals surface area contributed by atoms with Crippen LogP contribution in [0.25, 0.3) is 0 Å². The van der Waals surface area contributed by atoms with E-state index < -0.39 is 0 Å². The number of thioether (sulfide) groups is 1. The van der Waals surface area contributed by atoms with Crippen LogP contribution in [-0.2, 0) is 6.42 Å². The van der Waals surface area contributed by atoms with Gasteiger partial charge in [0.15, 0.2) is 5.17 Å². The molecule has 0 bridgehead atoms. The number of hydrogen-bond donors (Lipinski definition) is 1. The van der Waals surface area contributed by atoms with Crippen LogP contribution in [-0.4, -0.2) is 28.5 Å². The Morgan fingerprint density at radius 3 is 3.00 bits per heavy atom. The molecule has 1 aliphatic rings. The summed E-state index contributed by atoms with van der Waals surface area (Å²) in [7, 11) is 0. The summed E-state index contributed by atoms with van der Waals surface area (Å²) in [5.74, 6) is 1.13. The summed E-state index contributed by atoms with van der Waals surface area (Å²) < 4.78 is 0. The van der Waals surface area contributed by atoms with Crippen LogP contribution < -0.4 is 5.32 Å². The van der Waals surface area contributed by atoms with Crippen molar-refractivity contribution in [3.8, 4) is 0 Å². The first-order valence-electron chi connectivity index (χ1n) is 5.17. The van der Waals surface area contributed by atoms with Gasteiger partial charge in [0.05, 0.1) is 0 Å². The Morgan fingerprint density at radius 1 is 1.53 bits per heavy atom. The Kier molecular flexibility index (Phi) is 3.61. The van der Waals surface area contributed by atoms with Gasteiger partial charge in [-0.1, -0.05) is 11.8 Å². The molecule has 1 aromatic rings. The van der Waals surface area contributed by atoms with Crippen LogP contribution in [0, 0.1) is 0 Å². The highest BCUT2D eigenvalue weighted by Gasteiger charge is 2.14. The first-order chi connectivity index (χ1) is 7.34. The zero-order valence-corrected chi connectivity index (χ0v) is 9.63. The van der Waals surface area contributed by atoms with Crippen LogP contribution in [0.1, 0.15) is 12.5 Å². The van der Waals surface area contributed by atoms with Crippen molar-refractivity contribution in [3.63, 3.8) is 0 Å². The molecule has 1 N–H and O–H groups in total. The van der Waals surface area contributed by atoms with Gasteiger partial charge in [-0.25, -0.2) is 0 Å².